The Morgan fingerprint density at radius 3 is 2.67 bits per heavy atom. The molecule has 0 bridgehead atoms. The molecule has 0 aliphatic carbocycles. The van der Waals surface area contributed by atoms with Crippen molar-refractivity contribution in [2.45, 2.75) is 37.5 Å². The Balaban J connectivity index is 2.55. The van der Waals surface area contributed by atoms with Crippen LogP contribution in [0, 0.1) is 0 Å². The summed E-state index contributed by atoms with van der Waals surface area (Å²) in [5.74, 6) is 0. The van der Waals surface area contributed by atoms with Crippen molar-refractivity contribution < 1.29 is 0 Å². The van der Waals surface area contributed by atoms with E-state index in [2.05, 4.69) is 55.8 Å². The average Bonchev–Trinajstić information content (AvgIpc) is 2.56. The minimum atomic E-state index is 0.640. The zero-order chi connectivity index (χ0) is 10.8. The second-order valence-electron chi connectivity index (χ2n) is 3.96. The molecule has 2 rings (SSSR count). The standard InChI is InChI=1S/C13H17NS/c1-4-14-9-13(15-10(2)3)11-7-5-6-8-12(11)14/h5-10H,4H2,1-3H3. The second-order valence-corrected chi connectivity index (χ2v) is 5.58. The van der Waals surface area contributed by atoms with Gasteiger partial charge in [0.2, 0.25) is 0 Å². The fraction of sp³-hybridized carbons (Fsp3) is 0.385. The van der Waals surface area contributed by atoms with E-state index in [0.29, 0.717) is 5.25 Å². The van der Waals surface area contributed by atoms with Crippen molar-refractivity contribution in [3.05, 3.63) is 30.5 Å². The summed E-state index contributed by atoms with van der Waals surface area (Å²) in [5.41, 5.74) is 1.35. The van der Waals surface area contributed by atoms with Crippen LogP contribution < -0.4 is 0 Å². The molecule has 0 radical (unpaired) electrons. The number of thioether (sulfide) groups is 1. The first-order valence-corrected chi connectivity index (χ1v) is 6.35. The van der Waals surface area contributed by atoms with E-state index in [1.165, 1.54) is 15.8 Å². The van der Waals surface area contributed by atoms with Crippen molar-refractivity contribution in [2.24, 2.45) is 0 Å². The van der Waals surface area contributed by atoms with Crippen molar-refractivity contribution in [2.75, 3.05) is 0 Å². The number of hydrogen-bond donors (Lipinski definition) is 0. The van der Waals surface area contributed by atoms with E-state index in [1.807, 2.05) is 11.8 Å². The van der Waals surface area contributed by atoms with Gasteiger partial charge in [0.25, 0.3) is 0 Å². The molecule has 1 heterocycles. The maximum atomic E-state index is 2.32. The lowest BCUT2D eigenvalue weighted by molar-refractivity contribution is 0.791. The largest absolute Gasteiger partial charge is 0.347 e. The molecule has 1 aromatic heterocycles. The zero-order valence-corrected chi connectivity index (χ0v) is 10.3. The van der Waals surface area contributed by atoms with Crippen LogP contribution in [0.2, 0.25) is 0 Å². The molecule has 0 saturated carbocycles. The summed E-state index contributed by atoms with van der Waals surface area (Å²) in [5, 5.41) is 2.03. The second kappa shape index (κ2) is 4.31. The lowest BCUT2D eigenvalue weighted by Gasteiger charge is -2.01. The molecule has 2 aromatic rings. The maximum Gasteiger partial charge on any atom is 0.0491 e. The molecule has 0 atom stereocenters. The van der Waals surface area contributed by atoms with Gasteiger partial charge in [-0.3, -0.25) is 0 Å². The topological polar surface area (TPSA) is 4.93 Å². The number of fused-ring (bicyclic) bond motifs is 1. The fourth-order valence-corrected chi connectivity index (χ4v) is 2.82. The van der Waals surface area contributed by atoms with E-state index in [-0.39, 0.29) is 0 Å². The van der Waals surface area contributed by atoms with Crippen molar-refractivity contribution in [3.63, 3.8) is 0 Å². The number of aryl methyl sites for hydroxylation is 1. The maximum absolute atomic E-state index is 2.32. The van der Waals surface area contributed by atoms with Crippen LogP contribution in [0.3, 0.4) is 0 Å². The Labute approximate surface area is 95.5 Å². The molecule has 1 aromatic carbocycles. The summed E-state index contributed by atoms with van der Waals surface area (Å²) in [4.78, 5) is 1.41. The third kappa shape index (κ3) is 2.05. The Morgan fingerprint density at radius 1 is 1.27 bits per heavy atom. The minimum absolute atomic E-state index is 0.640. The molecule has 0 spiro atoms. The first kappa shape index (κ1) is 10.6. The van der Waals surface area contributed by atoms with Crippen molar-refractivity contribution in [1.29, 1.82) is 0 Å². The van der Waals surface area contributed by atoms with Crippen LogP contribution in [0.5, 0.6) is 0 Å². The van der Waals surface area contributed by atoms with E-state index in [1.54, 1.807) is 0 Å². The van der Waals surface area contributed by atoms with Gasteiger partial charge in [0.05, 0.1) is 0 Å². The lowest BCUT2D eigenvalue weighted by atomic mass is 10.2. The number of rotatable bonds is 3. The summed E-state index contributed by atoms with van der Waals surface area (Å²) in [6.45, 7) is 7.71. The molecular formula is C13H17NS. The quantitative estimate of drug-likeness (QED) is 0.702. The van der Waals surface area contributed by atoms with Crippen molar-refractivity contribution >= 4 is 22.7 Å². The van der Waals surface area contributed by atoms with Crippen LogP contribution in [-0.4, -0.2) is 9.82 Å². The van der Waals surface area contributed by atoms with Crippen molar-refractivity contribution in [3.8, 4) is 0 Å². The summed E-state index contributed by atoms with van der Waals surface area (Å²) >= 11 is 1.94. The molecule has 80 valence electrons. The molecule has 0 aliphatic heterocycles. The molecule has 15 heavy (non-hydrogen) atoms. The number of para-hydroxylation sites is 1. The van der Waals surface area contributed by atoms with Gasteiger partial charge >= 0.3 is 0 Å². The van der Waals surface area contributed by atoms with Crippen LogP contribution in [0.4, 0.5) is 0 Å². The first-order chi connectivity index (χ1) is 7.22. The third-order valence-electron chi connectivity index (χ3n) is 2.46. The Bertz CT molecular complexity index is 457. The van der Waals surface area contributed by atoms with Gasteiger partial charge in [-0.2, -0.15) is 0 Å². The van der Waals surface area contributed by atoms with Crippen molar-refractivity contribution in [1.82, 2.24) is 4.57 Å². The molecule has 0 unspecified atom stereocenters. The average molecular weight is 219 g/mol. The van der Waals surface area contributed by atoms with Gasteiger partial charge in [-0.15, -0.1) is 11.8 Å². The highest BCUT2D eigenvalue weighted by Crippen LogP contribution is 2.32. The van der Waals surface area contributed by atoms with Crippen LogP contribution in [-0.2, 0) is 6.54 Å². The van der Waals surface area contributed by atoms with Crippen LogP contribution in [0.1, 0.15) is 20.8 Å². The van der Waals surface area contributed by atoms with Crippen LogP contribution >= 0.6 is 11.8 Å². The number of nitrogens with zero attached hydrogens (tertiary/aromatic N) is 1. The normalized spacial score (nSPS) is 11.5. The molecule has 2 heteroatoms. The van der Waals surface area contributed by atoms with Gasteiger partial charge in [-0.05, 0) is 13.0 Å². The summed E-state index contributed by atoms with van der Waals surface area (Å²) in [6.07, 6.45) is 2.27. The summed E-state index contributed by atoms with van der Waals surface area (Å²) in [6, 6.07) is 8.64. The highest BCUT2D eigenvalue weighted by molar-refractivity contribution is 8.00. The smallest absolute Gasteiger partial charge is 0.0491 e. The van der Waals surface area contributed by atoms with Gasteiger partial charge in [0.15, 0.2) is 0 Å². The van der Waals surface area contributed by atoms with Crippen LogP contribution in [0.15, 0.2) is 35.4 Å². The van der Waals surface area contributed by atoms with E-state index < -0.39 is 0 Å². The number of benzene rings is 1. The van der Waals surface area contributed by atoms with Gasteiger partial charge in [-0.25, -0.2) is 0 Å². The minimum Gasteiger partial charge on any atom is -0.347 e. The van der Waals surface area contributed by atoms with Gasteiger partial charge in [0.1, 0.15) is 0 Å². The predicted molar refractivity (Wildman–Crippen MR) is 68.6 cm³/mol. The van der Waals surface area contributed by atoms with Crippen LogP contribution in [0.25, 0.3) is 10.9 Å². The highest BCUT2D eigenvalue weighted by atomic mass is 32.2. The monoisotopic (exact) mass is 219 g/mol. The third-order valence-corrected chi connectivity index (χ3v) is 3.51. The molecular weight excluding hydrogens is 202 g/mol. The molecule has 0 saturated heterocycles. The highest BCUT2D eigenvalue weighted by Gasteiger charge is 2.08. The molecule has 1 nitrogen and oxygen atoms in total. The predicted octanol–water partition coefficient (Wildman–Crippen LogP) is 4.16. The van der Waals surface area contributed by atoms with Gasteiger partial charge in [-0.1, -0.05) is 32.0 Å². The Kier molecular flexibility index (Phi) is 3.06. The molecule has 0 N–H and O–H groups in total. The molecule has 0 aliphatic rings. The molecule has 0 fully saturated rings. The Morgan fingerprint density at radius 2 is 2.00 bits per heavy atom. The molecule has 0 amide bonds. The van der Waals surface area contributed by atoms with E-state index >= 15 is 0 Å². The van der Waals surface area contributed by atoms with E-state index in [9.17, 15) is 0 Å². The lowest BCUT2D eigenvalue weighted by Crippen LogP contribution is -1.89. The zero-order valence-electron chi connectivity index (χ0n) is 9.53. The SMILES string of the molecule is CCn1cc(SC(C)C)c2ccccc21. The summed E-state index contributed by atoms with van der Waals surface area (Å²) in [7, 11) is 0. The van der Waals surface area contributed by atoms with Gasteiger partial charge in [0, 0.05) is 33.8 Å². The summed E-state index contributed by atoms with van der Waals surface area (Å²) < 4.78 is 2.32. The fourth-order valence-electron chi connectivity index (χ4n) is 1.82. The van der Waals surface area contributed by atoms with E-state index in [4.69, 9.17) is 0 Å². The Hall–Kier alpha value is -0.890. The van der Waals surface area contributed by atoms with Gasteiger partial charge < -0.3 is 4.57 Å². The number of hydrogen-bond acceptors (Lipinski definition) is 1. The number of aromatic nitrogens is 1. The van der Waals surface area contributed by atoms with E-state index in [0.717, 1.165) is 6.54 Å². The first-order valence-electron chi connectivity index (χ1n) is 5.47.